The fraction of sp³-hybridized carbons (Fsp3) is 0.367. The van der Waals surface area contributed by atoms with Gasteiger partial charge in [-0.15, -0.1) is 0 Å². The Morgan fingerprint density at radius 1 is 0.949 bits per heavy atom. The molecule has 1 saturated heterocycles. The second-order valence-corrected chi connectivity index (χ2v) is 10.9. The van der Waals surface area contributed by atoms with Crippen LogP contribution in [0.5, 0.6) is 0 Å². The number of aromatic nitrogens is 1. The minimum atomic E-state index is -1.12. The van der Waals surface area contributed by atoms with Crippen LogP contribution in [-0.2, 0) is 23.9 Å². The maximum Gasteiger partial charge on any atom is 0.329 e. The van der Waals surface area contributed by atoms with Gasteiger partial charge in [0.05, 0.1) is 11.8 Å². The molecule has 7 rings (SSSR count). The fourth-order valence-corrected chi connectivity index (χ4v) is 6.60. The van der Waals surface area contributed by atoms with Crippen molar-refractivity contribution in [1.29, 1.82) is 0 Å². The van der Waals surface area contributed by atoms with Gasteiger partial charge in [-0.1, -0.05) is 67.5 Å². The molecule has 39 heavy (non-hydrogen) atoms. The van der Waals surface area contributed by atoms with Gasteiger partial charge in [-0.3, -0.25) is 19.3 Å². The summed E-state index contributed by atoms with van der Waals surface area (Å²) in [7, 11) is 0. The molecule has 3 atom stereocenters. The molecule has 3 amide bonds. The summed E-state index contributed by atoms with van der Waals surface area (Å²) in [5.41, 5.74) is 4.25. The lowest BCUT2D eigenvalue weighted by atomic mass is 9.55. The van der Waals surface area contributed by atoms with Crippen LogP contribution in [0.4, 0.5) is 5.82 Å². The van der Waals surface area contributed by atoms with E-state index in [1.165, 1.54) is 6.07 Å². The third-order valence-corrected chi connectivity index (χ3v) is 8.00. The standard InChI is InChI=1S/C30H29N3O6/c1-15(2)12-21(30(37)38-14-23(34)31-22-13-16(3)39-32-22)33-28(35)26-24-17-8-4-5-9-18(17)25(27(26)29(33)36)20-11-7-6-10-19(20)24/h4-11,13,15,21,24-27H,12,14H2,1-3H3,(H,31,32,34)/t21-,24?,25?,26+,27+/m0/s1. The molecule has 4 aliphatic rings. The van der Waals surface area contributed by atoms with E-state index in [2.05, 4.69) is 10.5 Å². The average molecular weight is 528 g/mol. The molecule has 0 spiro atoms. The third kappa shape index (κ3) is 4.04. The number of benzene rings is 2. The zero-order valence-corrected chi connectivity index (χ0v) is 21.9. The van der Waals surface area contributed by atoms with Gasteiger partial charge < -0.3 is 14.6 Å². The predicted octanol–water partition coefficient (Wildman–Crippen LogP) is 3.77. The molecule has 3 aromatic rings. The maximum absolute atomic E-state index is 14.1. The van der Waals surface area contributed by atoms with E-state index in [-0.39, 0.29) is 41.8 Å². The number of imide groups is 1. The molecule has 1 aliphatic heterocycles. The van der Waals surface area contributed by atoms with Gasteiger partial charge in [0, 0.05) is 17.9 Å². The first kappa shape index (κ1) is 25.0. The first-order valence-corrected chi connectivity index (χ1v) is 13.2. The van der Waals surface area contributed by atoms with E-state index in [9.17, 15) is 19.2 Å². The van der Waals surface area contributed by atoms with Crippen LogP contribution < -0.4 is 5.32 Å². The first-order chi connectivity index (χ1) is 18.8. The van der Waals surface area contributed by atoms with Gasteiger partial charge in [-0.05, 0) is 41.5 Å². The van der Waals surface area contributed by atoms with Crippen molar-refractivity contribution in [2.75, 3.05) is 11.9 Å². The SMILES string of the molecule is Cc1cc(NC(=O)COC(=O)[C@H](CC(C)C)N2C(=O)[C@@H]3C4c5ccccc5C(c5ccccc54)[C@H]3C2=O)no1. The van der Waals surface area contributed by atoms with Crippen molar-refractivity contribution in [3.8, 4) is 0 Å². The summed E-state index contributed by atoms with van der Waals surface area (Å²) in [6, 6.07) is 16.4. The minimum absolute atomic E-state index is 0.0103. The molecular weight excluding hydrogens is 498 g/mol. The molecule has 1 fully saturated rings. The lowest BCUT2D eigenvalue weighted by Crippen LogP contribution is -2.47. The summed E-state index contributed by atoms with van der Waals surface area (Å²) < 4.78 is 10.3. The lowest BCUT2D eigenvalue weighted by molar-refractivity contribution is -0.160. The Bertz CT molecular complexity index is 1380. The van der Waals surface area contributed by atoms with Crippen LogP contribution in [0.3, 0.4) is 0 Å². The van der Waals surface area contributed by atoms with E-state index < -0.39 is 36.4 Å². The van der Waals surface area contributed by atoms with E-state index in [0.717, 1.165) is 27.2 Å². The van der Waals surface area contributed by atoms with Crippen LogP contribution in [0, 0.1) is 24.7 Å². The topological polar surface area (TPSA) is 119 Å². The summed E-state index contributed by atoms with van der Waals surface area (Å²) in [5, 5.41) is 6.19. The highest BCUT2D eigenvalue weighted by atomic mass is 16.5. The van der Waals surface area contributed by atoms with E-state index in [4.69, 9.17) is 9.26 Å². The van der Waals surface area contributed by atoms with Gasteiger partial charge in [-0.25, -0.2) is 4.79 Å². The van der Waals surface area contributed by atoms with Crippen LogP contribution in [0.15, 0.2) is 59.1 Å². The molecule has 2 bridgehead atoms. The molecule has 2 aromatic carbocycles. The van der Waals surface area contributed by atoms with E-state index in [0.29, 0.717) is 5.76 Å². The number of rotatable bonds is 7. The molecule has 9 nitrogen and oxygen atoms in total. The summed E-state index contributed by atoms with van der Waals surface area (Å²) >= 11 is 0. The number of carbonyl (C=O) groups is 4. The Labute approximate surface area is 225 Å². The third-order valence-electron chi connectivity index (χ3n) is 8.00. The second kappa shape index (κ2) is 9.48. The molecule has 0 radical (unpaired) electrons. The number of likely N-dealkylation sites (tertiary alicyclic amines) is 1. The molecule has 200 valence electrons. The Morgan fingerprint density at radius 3 is 1.90 bits per heavy atom. The zero-order valence-electron chi connectivity index (χ0n) is 21.9. The summed E-state index contributed by atoms with van der Waals surface area (Å²) in [6.07, 6.45) is 0.231. The predicted molar refractivity (Wildman–Crippen MR) is 139 cm³/mol. The zero-order chi connectivity index (χ0) is 27.4. The van der Waals surface area contributed by atoms with E-state index >= 15 is 0 Å². The van der Waals surface area contributed by atoms with Gasteiger partial charge in [0.25, 0.3) is 5.91 Å². The second-order valence-electron chi connectivity index (χ2n) is 10.9. The Hall–Kier alpha value is -4.27. The highest BCUT2D eigenvalue weighted by Crippen LogP contribution is 2.61. The number of nitrogens with one attached hydrogen (secondary N) is 1. The number of aryl methyl sites for hydroxylation is 1. The van der Waals surface area contributed by atoms with Crippen molar-refractivity contribution in [2.45, 2.75) is 45.1 Å². The van der Waals surface area contributed by atoms with Gasteiger partial charge in [0.15, 0.2) is 12.4 Å². The van der Waals surface area contributed by atoms with Crippen molar-refractivity contribution in [3.63, 3.8) is 0 Å². The Kier molecular flexibility index (Phi) is 6.09. The van der Waals surface area contributed by atoms with Crippen LogP contribution in [-0.4, -0.2) is 46.4 Å². The lowest BCUT2D eigenvalue weighted by Gasteiger charge is -2.45. The smallest absolute Gasteiger partial charge is 0.329 e. The molecule has 1 aromatic heterocycles. The van der Waals surface area contributed by atoms with Gasteiger partial charge in [-0.2, -0.15) is 0 Å². The molecular formula is C30H29N3O6. The Morgan fingerprint density at radius 2 is 1.46 bits per heavy atom. The van der Waals surface area contributed by atoms with Crippen LogP contribution >= 0.6 is 0 Å². The first-order valence-electron chi connectivity index (χ1n) is 13.2. The molecule has 3 aliphatic carbocycles. The molecule has 0 unspecified atom stereocenters. The van der Waals surface area contributed by atoms with Crippen molar-refractivity contribution in [1.82, 2.24) is 10.1 Å². The maximum atomic E-state index is 14.1. The monoisotopic (exact) mass is 527 g/mol. The van der Waals surface area contributed by atoms with E-state index in [1.54, 1.807) is 6.92 Å². The normalized spacial score (nSPS) is 23.3. The van der Waals surface area contributed by atoms with Crippen molar-refractivity contribution in [3.05, 3.63) is 82.6 Å². The number of hydrogen-bond donors (Lipinski definition) is 1. The average Bonchev–Trinajstić information content (AvgIpc) is 3.45. The number of anilines is 1. The van der Waals surface area contributed by atoms with Crippen LogP contribution in [0.2, 0.25) is 0 Å². The summed E-state index contributed by atoms with van der Waals surface area (Å²) in [6.45, 7) is 4.93. The number of amides is 3. The van der Waals surface area contributed by atoms with Crippen LogP contribution in [0.1, 0.15) is 60.1 Å². The van der Waals surface area contributed by atoms with Gasteiger partial charge in [0.1, 0.15) is 11.8 Å². The highest BCUT2D eigenvalue weighted by molar-refractivity contribution is 6.10. The molecule has 2 heterocycles. The van der Waals surface area contributed by atoms with Crippen molar-refractivity contribution >= 4 is 29.5 Å². The number of ether oxygens (including phenoxy) is 1. The van der Waals surface area contributed by atoms with Crippen molar-refractivity contribution in [2.24, 2.45) is 17.8 Å². The number of carbonyl (C=O) groups excluding carboxylic acids is 4. The van der Waals surface area contributed by atoms with Gasteiger partial charge >= 0.3 is 5.97 Å². The van der Waals surface area contributed by atoms with Gasteiger partial charge in [0.2, 0.25) is 11.8 Å². The van der Waals surface area contributed by atoms with Crippen molar-refractivity contribution < 1.29 is 28.4 Å². The number of nitrogens with zero attached hydrogens (tertiary/aromatic N) is 2. The Balaban J connectivity index is 1.29. The largest absolute Gasteiger partial charge is 0.454 e. The number of hydrogen-bond acceptors (Lipinski definition) is 7. The van der Waals surface area contributed by atoms with E-state index in [1.807, 2.05) is 62.4 Å². The number of esters is 1. The molecule has 0 saturated carbocycles. The fourth-order valence-electron chi connectivity index (χ4n) is 6.60. The highest BCUT2D eigenvalue weighted by Gasteiger charge is 2.63. The molecule has 9 heteroatoms. The summed E-state index contributed by atoms with van der Waals surface area (Å²) in [4.78, 5) is 55.0. The molecule has 1 N–H and O–H groups in total. The summed E-state index contributed by atoms with van der Waals surface area (Å²) in [5.74, 6) is -3.08. The van der Waals surface area contributed by atoms with Crippen LogP contribution in [0.25, 0.3) is 0 Å². The quantitative estimate of drug-likeness (QED) is 0.367. The minimum Gasteiger partial charge on any atom is -0.454 e.